The predicted octanol–water partition coefficient (Wildman–Crippen LogP) is 2.99. The van der Waals surface area contributed by atoms with Gasteiger partial charge in [-0.1, -0.05) is 12.1 Å². The maximum atomic E-state index is 12.9. The van der Waals surface area contributed by atoms with Gasteiger partial charge in [0, 0.05) is 42.8 Å². The van der Waals surface area contributed by atoms with Crippen molar-refractivity contribution in [3.8, 4) is 5.69 Å². The second kappa shape index (κ2) is 7.09. The van der Waals surface area contributed by atoms with E-state index in [1.54, 1.807) is 12.5 Å². The molecule has 7 heteroatoms. The van der Waals surface area contributed by atoms with Gasteiger partial charge in [0.1, 0.15) is 0 Å². The van der Waals surface area contributed by atoms with Gasteiger partial charge < -0.3 is 14.5 Å². The fraction of sp³-hybridized carbons (Fsp3) is 0.227. The van der Waals surface area contributed by atoms with E-state index in [1.807, 2.05) is 68.8 Å². The number of fused-ring (bicyclic) bond motifs is 1. The number of hydrogen-bond donors (Lipinski definition) is 1. The summed E-state index contributed by atoms with van der Waals surface area (Å²) in [5, 5.41) is 0. The number of carbonyl (C=O) groups is 1. The van der Waals surface area contributed by atoms with E-state index in [9.17, 15) is 9.59 Å². The van der Waals surface area contributed by atoms with Crippen LogP contribution in [0.2, 0.25) is 0 Å². The first-order valence-electron chi connectivity index (χ1n) is 9.77. The van der Waals surface area contributed by atoms with Gasteiger partial charge >= 0.3 is 5.69 Å². The third-order valence-electron chi connectivity index (χ3n) is 5.66. The highest BCUT2D eigenvalue weighted by atomic mass is 16.2. The number of aromatic amines is 1. The molecule has 0 radical (unpaired) electrons. The van der Waals surface area contributed by atoms with Crippen molar-refractivity contribution in [3.05, 3.63) is 83.3 Å². The molecule has 4 aromatic rings. The standard InChI is InChI=1S/C22H21N5O2/c28-21(16-5-7-17(8-6-16)26-14-11-23-15-26)25-12-9-18(10-13-25)27-20-4-2-1-3-19(20)24-22(27)29/h1-8,11,14-15,18H,9-10,12-13H2,(H,24,29). The number of nitrogens with zero attached hydrogens (tertiary/aromatic N) is 4. The summed E-state index contributed by atoms with van der Waals surface area (Å²) >= 11 is 0. The van der Waals surface area contributed by atoms with Crippen LogP contribution < -0.4 is 5.69 Å². The molecule has 1 amide bonds. The van der Waals surface area contributed by atoms with Gasteiger partial charge in [-0.25, -0.2) is 9.78 Å². The molecule has 2 aromatic heterocycles. The van der Waals surface area contributed by atoms with Crippen LogP contribution in [0.5, 0.6) is 0 Å². The van der Waals surface area contributed by atoms with Gasteiger partial charge in [0.15, 0.2) is 0 Å². The second-order valence-corrected chi connectivity index (χ2v) is 7.36. The van der Waals surface area contributed by atoms with Crippen LogP contribution in [-0.2, 0) is 0 Å². The van der Waals surface area contributed by atoms with Crippen LogP contribution in [0.1, 0.15) is 29.2 Å². The number of imidazole rings is 2. The first-order chi connectivity index (χ1) is 14.2. The Morgan fingerprint density at radius 3 is 2.52 bits per heavy atom. The molecule has 0 unspecified atom stereocenters. The average Bonchev–Trinajstić information content (AvgIpc) is 3.41. The van der Waals surface area contributed by atoms with E-state index in [2.05, 4.69) is 9.97 Å². The monoisotopic (exact) mass is 387 g/mol. The maximum Gasteiger partial charge on any atom is 0.326 e. The molecule has 146 valence electrons. The molecule has 2 aromatic carbocycles. The molecule has 1 saturated heterocycles. The van der Waals surface area contributed by atoms with Crippen molar-refractivity contribution in [2.75, 3.05) is 13.1 Å². The first kappa shape index (κ1) is 17.5. The highest BCUT2D eigenvalue weighted by molar-refractivity contribution is 5.94. The van der Waals surface area contributed by atoms with Crippen LogP contribution >= 0.6 is 0 Å². The summed E-state index contributed by atoms with van der Waals surface area (Å²) in [6.07, 6.45) is 6.85. The van der Waals surface area contributed by atoms with Gasteiger partial charge in [-0.15, -0.1) is 0 Å². The lowest BCUT2D eigenvalue weighted by atomic mass is 10.0. The summed E-state index contributed by atoms with van der Waals surface area (Å²) in [4.78, 5) is 34.2. The van der Waals surface area contributed by atoms with Crippen molar-refractivity contribution in [2.24, 2.45) is 0 Å². The number of carbonyl (C=O) groups excluding carboxylic acids is 1. The molecule has 7 nitrogen and oxygen atoms in total. The average molecular weight is 387 g/mol. The Kier molecular flexibility index (Phi) is 4.27. The van der Waals surface area contributed by atoms with E-state index in [0.29, 0.717) is 18.7 Å². The molecule has 0 aliphatic carbocycles. The lowest BCUT2D eigenvalue weighted by Gasteiger charge is -2.32. The molecule has 3 heterocycles. The quantitative estimate of drug-likeness (QED) is 0.587. The van der Waals surface area contributed by atoms with Gasteiger partial charge in [-0.05, 0) is 49.2 Å². The highest BCUT2D eigenvalue weighted by Gasteiger charge is 2.26. The lowest BCUT2D eigenvalue weighted by Crippen LogP contribution is -2.40. The largest absolute Gasteiger partial charge is 0.338 e. The summed E-state index contributed by atoms with van der Waals surface area (Å²) in [7, 11) is 0. The van der Waals surface area contributed by atoms with Crippen LogP contribution in [0.15, 0.2) is 72.0 Å². The molecule has 0 saturated carbocycles. The number of H-pyrrole nitrogens is 1. The lowest BCUT2D eigenvalue weighted by molar-refractivity contribution is 0.0695. The topological polar surface area (TPSA) is 75.9 Å². The molecule has 1 N–H and O–H groups in total. The minimum atomic E-state index is -0.0777. The molecule has 29 heavy (non-hydrogen) atoms. The summed E-state index contributed by atoms with van der Waals surface area (Å²) in [6, 6.07) is 15.4. The maximum absolute atomic E-state index is 12.9. The zero-order valence-electron chi connectivity index (χ0n) is 15.9. The number of para-hydroxylation sites is 2. The zero-order chi connectivity index (χ0) is 19.8. The molecular formula is C22H21N5O2. The van der Waals surface area contributed by atoms with Gasteiger partial charge in [-0.2, -0.15) is 0 Å². The molecule has 1 aliphatic rings. The summed E-state index contributed by atoms with van der Waals surface area (Å²) < 4.78 is 3.75. The van der Waals surface area contributed by atoms with Crippen LogP contribution in [0.25, 0.3) is 16.7 Å². The van der Waals surface area contributed by atoms with Gasteiger partial charge in [-0.3, -0.25) is 9.36 Å². The van der Waals surface area contributed by atoms with Crippen LogP contribution in [0.4, 0.5) is 0 Å². The van der Waals surface area contributed by atoms with Crippen molar-refractivity contribution in [1.82, 2.24) is 24.0 Å². The second-order valence-electron chi connectivity index (χ2n) is 7.36. The van der Waals surface area contributed by atoms with Crippen LogP contribution in [0.3, 0.4) is 0 Å². The van der Waals surface area contributed by atoms with Gasteiger partial charge in [0.05, 0.1) is 17.4 Å². The van der Waals surface area contributed by atoms with Crippen molar-refractivity contribution < 1.29 is 4.79 Å². The molecule has 5 rings (SSSR count). The Balaban J connectivity index is 1.29. The van der Waals surface area contributed by atoms with Gasteiger partial charge in [0.25, 0.3) is 5.91 Å². The molecule has 1 fully saturated rings. The zero-order valence-corrected chi connectivity index (χ0v) is 15.9. The summed E-state index contributed by atoms with van der Waals surface area (Å²) in [5.74, 6) is 0.0342. The molecule has 0 atom stereocenters. The minimum Gasteiger partial charge on any atom is -0.338 e. The highest BCUT2D eigenvalue weighted by Crippen LogP contribution is 2.25. The third-order valence-corrected chi connectivity index (χ3v) is 5.66. The fourth-order valence-electron chi connectivity index (χ4n) is 4.13. The van der Waals surface area contributed by atoms with Crippen LogP contribution in [-0.4, -0.2) is 43.0 Å². The Labute approximate surface area is 167 Å². The number of nitrogens with one attached hydrogen (secondary N) is 1. The Bertz CT molecular complexity index is 1200. The molecular weight excluding hydrogens is 366 g/mol. The van der Waals surface area contributed by atoms with E-state index in [1.165, 1.54) is 0 Å². The first-order valence-corrected chi connectivity index (χ1v) is 9.77. The Morgan fingerprint density at radius 2 is 1.79 bits per heavy atom. The number of amides is 1. The van der Waals surface area contributed by atoms with Gasteiger partial charge in [0.2, 0.25) is 0 Å². The Hall–Kier alpha value is -3.61. The number of likely N-dealkylation sites (tertiary alicyclic amines) is 1. The minimum absolute atomic E-state index is 0.0342. The smallest absolute Gasteiger partial charge is 0.326 e. The SMILES string of the molecule is O=C(c1ccc(-n2ccnc2)cc1)N1CCC(n2c(=O)[nH]c3ccccc32)CC1. The fourth-order valence-corrected chi connectivity index (χ4v) is 4.13. The number of piperidine rings is 1. The summed E-state index contributed by atoms with van der Waals surface area (Å²) in [6.45, 7) is 1.28. The molecule has 0 bridgehead atoms. The molecule has 1 aliphatic heterocycles. The van der Waals surface area contributed by atoms with E-state index >= 15 is 0 Å². The van der Waals surface area contributed by atoms with E-state index in [-0.39, 0.29) is 17.6 Å². The van der Waals surface area contributed by atoms with Crippen LogP contribution in [0, 0.1) is 0 Å². The van der Waals surface area contributed by atoms with E-state index in [4.69, 9.17) is 0 Å². The van der Waals surface area contributed by atoms with Crippen molar-refractivity contribution in [2.45, 2.75) is 18.9 Å². The van der Waals surface area contributed by atoms with E-state index in [0.717, 1.165) is 29.6 Å². The van der Waals surface area contributed by atoms with Crippen molar-refractivity contribution >= 4 is 16.9 Å². The van der Waals surface area contributed by atoms with E-state index < -0.39 is 0 Å². The number of aromatic nitrogens is 4. The van der Waals surface area contributed by atoms with Crippen molar-refractivity contribution in [3.63, 3.8) is 0 Å². The third kappa shape index (κ3) is 3.14. The number of rotatable bonds is 3. The predicted molar refractivity (Wildman–Crippen MR) is 110 cm³/mol. The van der Waals surface area contributed by atoms with Crippen molar-refractivity contribution in [1.29, 1.82) is 0 Å². The normalized spacial score (nSPS) is 15.1. The summed E-state index contributed by atoms with van der Waals surface area (Å²) in [5.41, 5.74) is 3.35. The number of hydrogen-bond acceptors (Lipinski definition) is 3. The number of benzene rings is 2. The molecule has 0 spiro atoms. The Morgan fingerprint density at radius 1 is 1.03 bits per heavy atom.